The van der Waals surface area contributed by atoms with Gasteiger partial charge in [-0.05, 0) is 38.1 Å². The third kappa shape index (κ3) is 6.63. The van der Waals surface area contributed by atoms with Gasteiger partial charge in [-0.15, -0.1) is 0 Å². The lowest BCUT2D eigenvalue weighted by molar-refractivity contribution is 0.395. The minimum absolute atomic E-state index is 0.156. The molecule has 0 saturated heterocycles. The Labute approximate surface area is 273 Å². The zero-order valence-electron chi connectivity index (χ0n) is 27.1. The Balaban J connectivity index is 1.38. The van der Waals surface area contributed by atoms with E-state index in [-0.39, 0.29) is 11.1 Å². The molecule has 8 nitrogen and oxygen atoms in total. The van der Waals surface area contributed by atoms with Gasteiger partial charge in [0.05, 0.1) is 33.9 Å². The van der Waals surface area contributed by atoms with Crippen LogP contribution >= 0.6 is 0 Å². The summed E-state index contributed by atoms with van der Waals surface area (Å²) in [5.41, 5.74) is 6.32. The third-order valence-corrected chi connectivity index (χ3v) is 8.07. The van der Waals surface area contributed by atoms with E-state index < -0.39 is 5.41 Å². The van der Waals surface area contributed by atoms with Gasteiger partial charge in [0, 0.05) is 41.0 Å². The second-order valence-corrected chi connectivity index (χ2v) is 12.4. The van der Waals surface area contributed by atoms with E-state index >= 15 is 0 Å². The van der Waals surface area contributed by atoms with Gasteiger partial charge in [0.1, 0.15) is 0 Å². The van der Waals surface area contributed by atoms with Crippen LogP contribution < -0.4 is 11.1 Å². The molecule has 2 N–H and O–H groups in total. The lowest BCUT2D eigenvalue weighted by atomic mass is 9.92. The van der Waals surface area contributed by atoms with Crippen molar-refractivity contribution in [3.05, 3.63) is 176 Å². The number of aliphatic imine (C=N–C) groups is 2. The molecule has 4 aromatic carbocycles. The standard InChI is InChI=1S/C39H38N6O2/c1-27-33(37(46)44(42-27)31-21-13-7-14-22-31)35(29-17-9-5-10-18-29)40-25-39(3,4)26-41-36(30-19-11-6-12-20-30)34-28(2)43-45(38(34)47)32-23-15-8-16-24-32/h5-24,42-43H,25-26H2,1-4H3. The molecule has 47 heavy (non-hydrogen) atoms. The smallest absolute Gasteiger partial charge is 0.280 e. The Hall–Kier alpha value is -5.76. The van der Waals surface area contributed by atoms with Gasteiger partial charge < -0.3 is 0 Å². The van der Waals surface area contributed by atoms with E-state index in [2.05, 4.69) is 24.0 Å². The SMILES string of the molecule is Cc1[nH]n(-c2ccccc2)c(=O)c1C(=NCC(C)(C)CN=C(c1ccccc1)c1c(C)[nH]n(-c2ccccc2)c1=O)c1ccccc1. The zero-order valence-corrected chi connectivity index (χ0v) is 27.1. The second-order valence-electron chi connectivity index (χ2n) is 12.4. The van der Waals surface area contributed by atoms with Crippen molar-refractivity contribution in [3.63, 3.8) is 0 Å². The molecule has 0 saturated carbocycles. The van der Waals surface area contributed by atoms with E-state index in [9.17, 15) is 9.59 Å². The molecule has 0 aliphatic carbocycles. The summed E-state index contributed by atoms with van der Waals surface area (Å²) in [6, 6.07) is 38.6. The number of nitrogens with one attached hydrogen (secondary N) is 2. The van der Waals surface area contributed by atoms with Crippen molar-refractivity contribution in [1.82, 2.24) is 19.6 Å². The van der Waals surface area contributed by atoms with Crippen LogP contribution in [-0.2, 0) is 0 Å². The van der Waals surface area contributed by atoms with Gasteiger partial charge in [0.25, 0.3) is 11.1 Å². The van der Waals surface area contributed by atoms with Crippen LogP contribution in [-0.4, -0.2) is 44.1 Å². The lowest BCUT2D eigenvalue weighted by Gasteiger charge is -2.21. The van der Waals surface area contributed by atoms with Crippen LogP contribution in [0.3, 0.4) is 0 Å². The number of aromatic amines is 2. The number of benzene rings is 4. The van der Waals surface area contributed by atoms with Crippen molar-refractivity contribution < 1.29 is 0 Å². The highest BCUT2D eigenvalue weighted by molar-refractivity contribution is 6.14. The molecule has 0 aliphatic rings. The molecule has 0 fully saturated rings. The van der Waals surface area contributed by atoms with Gasteiger partial charge in [-0.2, -0.15) is 0 Å². The van der Waals surface area contributed by atoms with Gasteiger partial charge in [-0.25, -0.2) is 9.36 Å². The van der Waals surface area contributed by atoms with Gasteiger partial charge in [-0.1, -0.05) is 111 Å². The van der Waals surface area contributed by atoms with Gasteiger partial charge >= 0.3 is 0 Å². The van der Waals surface area contributed by atoms with E-state index in [4.69, 9.17) is 9.98 Å². The number of para-hydroxylation sites is 2. The highest BCUT2D eigenvalue weighted by Gasteiger charge is 2.24. The summed E-state index contributed by atoms with van der Waals surface area (Å²) >= 11 is 0. The molecule has 0 atom stereocenters. The fourth-order valence-electron chi connectivity index (χ4n) is 5.63. The molecular formula is C39H38N6O2. The van der Waals surface area contributed by atoms with E-state index in [0.717, 1.165) is 33.9 Å². The van der Waals surface area contributed by atoms with Crippen LogP contribution in [0.15, 0.2) is 141 Å². The molecule has 6 rings (SSSR count). The van der Waals surface area contributed by atoms with E-state index in [1.165, 1.54) is 0 Å². The quantitative estimate of drug-likeness (QED) is 0.167. The Morgan fingerprint density at radius 2 is 0.872 bits per heavy atom. The molecule has 236 valence electrons. The van der Waals surface area contributed by atoms with Crippen LogP contribution in [0.1, 0.15) is 47.5 Å². The first-order chi connectivity index (χ1) is 22.7. The average Bonchev–Trinajstić information content (AvgIpc) is 3.56. The summed E-state index contributed by atoms with van der Waals surface area (Å²) in [6.07, 6.45) is 0. The largest absolute Gasteiger partial charge is 0.295 e. The molecule has 0 aliphatic heterocycles. The van der Waals surface area contributed by atoms with Crippen molar-refractivity contribution >= 4 is 11.4 Å². The predicted octanol–water partition coefficient (Wildman–Crippen LogP) is 6.66. The third-order valence-electron chi connectivity index (χ3n) is 8.07. The Morgan fingerprint density at radius 1 is 0.553 bits per heavy atom. The van der Waals surface area contributed by atoms with E-state index in [1.807, 2.05) is 135 Å². The molecule has 8 heteroatoms. The molecule has 2 heterocycles. The van der Waals surface area contributed by atoms with Crippen LogP contribution in [0, 0.1) is 19.3 Å². The van der Waals surface area contributed by atoms with E-state index in [1.54, 1.807) is 9.36 Å². The molecule has 0 bridgehead atoms. The summed E-state index contributed by atoms with van der Waals surface area (Å²) in [5, 5.41) is 6.49. The minimum Gasteiger partial charge on any atom is -0.295 e. The van der Waals surface area contributed by atoms with Crippen molar-refractivity contribution in [2.45, 2.75) is 27.7 Å². The number of aryl methyl sites for hydroxylation is 2. The number of aromatic nitrogens is 4. The monoisotopic (exact) mass is 622 g/mol. The first kappa shape index (κ1) is 31.2. The zero-order chi connectivity index (χ0) is 33.0. The van der Waals surface area contributed by atoms with Crippen molar-refractivity contribution in [2.75, 3.05) is 13.1 Å². The van der Waals surface area contributed by atoms with Crippen LogP contribution in [0.25, 0.3) is 11.4 Å². The minimum atomic E-state index is -0.411. The van der Waals surface area contributed by atoms with Crippen molar-refractivity contribution in [3.8, 4) is 11.4 Å². The van der Waals surface area contributed by atoms with Crippen LogP contribution in [0.4, 0.5) is 0 Å². The molecule has 6 aromatic rings. The maximum atomic E-state index is 13.8. The average molecular weight is 623 g/mol. The van der Waals surface area contributed by atoms with Crippen molar-refractivity contribution in [2.24, 2.45) is 15.4 Å². The van der Waals surface area contributed by atoms with E-state index in [0.29, 0.717) is 35.6 Å². The molecule has 0 unspecified atom stereocenters. The predicted molar refractivity (Wildman–Crippen MR) is 190 cm³/mol. The number of hydrogen-bond donors (Lipinski definition) is 2. The van der Waals surface area contributed by atoms with Crippen molar-refractivity contribution in [1.29, 1.82) is 0 Å². The highest BCUT2D eigenvalue weighted by Crippen LogP contribution is 2.22. The maximum Gasteiger partial charge on any atom is 0.280 e. The fourth-order valence-corrected chi connectivity index (χ4v) is 5.63. The Kier molecular flexibility index (Phi) is 8.84. The molecular weight excluding hydrogens is 584 g/mol. The maximum absolute atomic E-state index is 13.8. The Morgan fingerprint density at radius 3 is 1.21 bits per heavy atom. The number of nitrogens with zero attached hydrogens (tertiary/aromatic N) is 4. The first-order valence-electron chi connectivity index (χ1n) is 15.7. The lowest BCUT2D eigenvalue weighted by Crippen LogP contribution is -2.26. The van der Waals surface area contributed by atoms with Crippen LogP contribution in [0.2, 0.25) is 0 Å². The summed E-state index contributed by atoms with van der Waals surface area (Å²) < 4.78 is 3.12. The van der Waals surface area contributed by atoms with Crippen LogP contribution in [0.5, 0.6) is 0 Å². The molecule has 0 amide bonds. The first-order valence-corrected chi connectivity index (χ1v) is 15.7. The fraction of sp³-hybridized carbons (Fsp3) is 0.179. The van der Waals surface area contributed by atoms with Gasteiger partial charge in [-0.3, -0.25) is 29.8 Å². The highest BCUT2D eigenvalue weighted by atomic mass is 16.1. The summed E-state index contributed by atoms with van der Waals surface area (Å²) in [6.45, 7) is 8.81. The number of H-pyrrole nitrogens is 2. The number of hydrogen-bond acceptors (Lipinski definition) is 4. The normalized spacial score (nSPS) is 12.4. The topological polar surface area (TPSA) is 100 Å². The summed E-state index contributed by atoms with van der Waals surface area (Å²) in [4.78, 5) is 37.9. The second kappa shape index (κ2) is 13.3. The van der Waals surface area contributed by atoms with Gasteiger partial charge in [0.2, 0.25) is 0 Å². The molecule has 0 spiro atoms. The molecule has 2 aromatic heterocycles. The Bertz CT molecular complexity index is 2000. The van der Waals surface area contributed by atoms with Gasteiger partial charge in [0.15, 0.2) is 0 Å². The molecule has 0 radical (unpaired) electrons. The summed E-state index contributed by atoms with van der Waals surface area (Å²) in [7, 11) is 0. The number of rotatable bonds is 10. The summed E-state index contributed by atoms with van der Waals surface area (Å²) in [5.74, 6) is 0.